The Morgan fingerprint density at radius 3 is 2.44 bits per heavy atom. The Kier molecular flexibility index (Phi) is 5.22. The third kappa shape index (κ3) is 5.68. The highest BCUT2D eigenvalue weighted by Gasteiger charge is 2.33. The molecule has 3 atom stereocenters. The van der Waals surface area contributed by atoms with E-state index in [2.05, 4.69) is 26.1 Å². The van der Waals surface area contributed by atoms with Crippen LogP contribution in [0.25, 0.3) is 0 Å². The maximum absolute atomic E-state index is 10.3. The van der Waals surface area contributed by atoms with E-state index in [0.29, 0.717) is 24.5 Å². The third-order valence-electron chi connectivity index (χ3n) is 3.82. The predicted molar refractivity (Wildman–Crippen MR) is 77.8 cm³/mol. The number of hydrogen-bond acceptors (Lipinski definition) is 3. The Morgan fingerprint density at radius 1 is 1.33 bits per heavy atom. The van der Waals surface area contributed by atoms with Gasteiger partial charge >= 0.3 is 0 Å². The SMILES string of the molecule is CC1CC(NCC(C)(O)CN(C)C)CC(C)(C)C1. The first kappa shape index (κ1) is 15.9. The number of aliphatic hydroxyl groups is 1. The van der Waals surface area contributed by atoms with Crippen molar-refractivity contribution in [1.82, 2.24) is 10.2 Å². The van der Waals surface area contributed by atoms with Gasteiger partial charge in [-0.15, -0.1) is 0 Å². The first-order valence-corrected chi connectivity index (χ1v) is 7.20. The van der Waals surface area contributed by atoms with Crippen LogP contribution in [0.1, 0.15) is 47.0 Å². The van der Waals surface area contributed by atoms with Gasteiger partial charge in [-0.3, -0.25) is 0 Å². The molecule has 0 bridgehead atoms. The van der Waals surface area contributed by atoms with Gasteiger partial charge in [0.05, 0.1) is 5.60 Å². The Bertz CT molecular complexity index is 261. The molecule has 1 rings (SSSR count). The predicted octanol–water partition coefficient (Wildman–Crippen LogP) is 2.10. The van der Waals surface area contributed by atoms with Gasteiger partial charge in [0.15, 0.2) is 0 Å². The molecule has 0 aliphatic heterocycles. The molecule has 0 radical (unpaired) electrons. The quantitative estimate of drug-likeness (QED) is 0.791. The maximum Gasteiger partial charge on any atom is 0.0869 e. The number of rotatable bonds is 5. The van der Waals surface area contributed by atoms with Gasteiger partial charge in [-0.25, -0.2) is 0 Å². The molecular formula is C15H32N2O. The van der Waals surface area contributed by atoms with E-state index >= 15 is 0 Å². The van der Waals surface area contributed by atoms with Crippen LogP contribution in [0.3, 0.4) is 0 Å². The second-order valence-corrected chi connectivity index (χ2v) is 7.73. The molecule has 0 aromatic heterocycles. The molecule has 0 amide bonds. The maximum atomic E-state index is 10.3. The number of likely N-dealkylation sites (N-methyl/N-ethyl adjacent to an activating group) is 1. The fourth-order valence-electron chi connectivity index (χ4n) is 3.60. The minimum absolute atomic E-state index is 0.433. The standard InChI is InChI=1S/C15H32N2O/c1-12-7-13(9-14(2,3)8-12)16-10-15(4,18)11-17(5)6/h12-13,16,18H,7-11H2,1-6H3. The van der Waals surface area contributed by atoms with Crippen LogP contribution in [-0.4, -0.2) is 48.8 Å². The molecule has 0 spiro atoms. The second kappa shape index (κ2) is 5.89. The molecule has 0 saturated heterocycles. The van der Waals surface area contributed by atoms with Crippen molar-refractivity contribution in [3.8, 4) is 0 Å². The normalized spacial score (nSPS) is 31.3. The summed E-state index contributed by atoms with van der Waals surface area (Å²) in [4.78, 5) is 2.04. The molecule has 1 saturated carbocycles. The highest BCUT2D eigenvalue weighted by Crippen LogP contribution is 2.38. The van der Waals surface area contributed by atoms with E-state index in [-0.39, 0.29) is 0 Å². The molecule has 108 valence electrons. The molecule has 1 aliphatic carbocycles. The monoisotopic (exact) mass is 256 g/mol. The van der Waals surface area contributed by atoms with Gasteiger partial charge in [-0.1, -0.05) is 20.8 Å². The molecule has 1 fully saturated rings. The van der Waals surface area contributed by atoms with Crippen LogP contribution in [0.15, 0.2) is 0 Å². The van der Waals surface area contributed by atoms with Crippen molar-refractivity contribution in [1.29, 1.82) is 0 Å². The molecule has 3 unspecified atom stereocenters. The largest absolute Gasteiger partial charge is 0.388 e. The summed E-state index contributed by atoms with van der Waals surface area (Å²) in [5.41, 5.74) is -0.211. The molecule has 0 aromatic carbocycles. The van der Waals surface area contributed by atoms with E-state index in [1.165, 1.54) is 19.3 Å². The lowest BCUT2D eigenvalue weighted by Gasteiger charge is -2.40. The van der Waals surface area contributed by atoms with Crippen LogP contribution in [-0.2, 0) is 0 Å². The van der Waals surface area contributed by atoms with Crippen molar-refractivity contribution in [2.24, 2.45) is 11.3 Å². The zero-order valence-electron chi connectivity index (χ0n) is 13.1. The van der Waals surface area contributed by atoms with E-state index in [4.69, 9.17) is 0 Å². The van der Waals surface area contributed by atoms with Gasteiger partial charge in [-0.05, 0) is 51.6 Å². The summed E-state index contributed by atoms with van der Waals surface area (Å²) >= 11 is 0. The topological polar surface area (TPSA) is 35.5 Å². The van der Waals surface area contributed by atoms with E-state index in [0.717, 1.165) is 5.92 Å². The Balaban J connectivity index is 2.43. The smallest absolute Gasteiger partial charge is 0.0869 e. The van der Waals surface area contributed by atoms with Crippen LogP contribution >= 0.6 is 0 Å². The number of hydrogen-bond donors (Lipinski definition) is 2. The Morgan fingerprint density at radius 2 is 1.94 bits per heavy atom. The van der Waals surface area contributed by atoms with Crippen LogP contribution < -0.4 is 5.32 Å². The Hall–Kier alpha value is -0.120. The van der Waals surface area contributed by atoms with E-state index in [1.54, 1.807) is 0 Å². The lowest BCUT2D eigenvalue weighted by molar-refractivity contribution is 0.0257. The molecule has 3 nitrogen and oxygen atoms in total. The highest BCUT2D eigenvalue weighted by atomic mass is 16.3. The summed E-state index contributed by atoms with van der Waals surface area (Å²) < 4.78 is 0. The fourth-order valence-corrected chi connectivity index (χ4v) is 3.60. The molecule has 0 heterocycles. The first-order chi connectivity index (χ1) is 8.10. The summed E-state index contributed by atoms with van der Waals surface area (Å²) in [6.45, 7) is 10.3. The van der Waals surface area contributed by atoms with Crippen molar-refractivity contribution in [3.05, 3.63) is 0 Å². The summed E-state index contributed by atoms with van der Waals surface area (Å²) in [6.07, 6.45) is 3.77. The third-order valence-corrected chi connectivity index (χ3v) is 3.82. The summed E-state index contributed by atoms with van der Waals surface area (Å²) in [5.74, 6) is 0.782. The van der Waals surface area contributed by atoms with Gasteiger partial charge in [0.1, 0.15) is 0 Å². The van der Waals surface area contributed by atoms with Crippen molar-refractivity contribution >= 4 is 0 Å². The zero-order valence-corrected chi connectivity index (χ0v) is 13.1. The first-order valence-electron chi connectivity index (χ1n) is 7.20. The van der Waals surface area contributed by atoms with Gasteiger partial charge in [0.2, 0.25) is 0 Å². The zero-order chi connectivity index (χ0) is 14.0. The molecular weight excluding hydrogens is 224 g/mol. The van der Waals surface area contributed by atoms with Crippen LogP contribution in [0.5, 0.6) is 0 Å². The Labute approximate surface area is 113 Å². The molecule has 18 heavy (non-hydrogen) atoms. The number of nitrogens with zero attached hydrogens (tertiary/aromatic N) is 1. The minimum Gasteiger partial charge on any atom is -0.388 e. The van der Waals surface area contributed by atoms with Crippen LogP contribution in [0.2, 0.25) is 0 Å². The fraction of sp³-hybridized carbons (Fsp3) is 1.00. The van der Waals surface area contributed by atoms with E-state index in [1.807, 2.05) is 25.9 Å². The highest BCUT2D eigenvalue weighted by molar-refractivity contribution is 4.88. The minimum atomic E-state index is -0.645. The van der Waals surface area contributed by atoms with Crippen molar-refractivity contribution < 1.29 is 5.11 Å². The van der Waals surface area contributed by atoms with Crippen molar-refractivity contribution in [3.63, 3.8) is 0 Å². The molecule has 1 aliphatic rings. The second-order valence-electron chi connectivity index (χ2n) is 7.73. The van der Waals surface area contributed by atoms with Crippen LogP contribution in [0.4, 0.5) is 0 Å². The number of nitrogens with one attached hydrogen (secondary N) is 1. The van der Waals surface area contributed by atoms with Crippen LogP contribution in [0, 0.1) is 11.3 Å². The van der Waals surface area contributed by atoms with Crippen molar-refractivity contribution in [2.75, 3.05) is 27.2 Å². The molecule has 3 heteroatoms. The summed E-state index contributed by atoms with van der Waals surface area (Å²) in [7, 11) is 4.00. The van der Waals surface area contributed by atoms with Gasteiger partial charge in [0.25, 0.3) is 0 Å². The summed E-state index contributed by atoms with van der Waals surface area (Å²) in [6, 6.07) is 0.553. The van der Waals surface area contributed by atoms with Gasteiger partial charge in [-0.2, -0.15) is 0 Å². The van der Waals surface area contributed by atoms with Crippen molar-refractivity contribution in [2.45, 2.75) is 58.6 Å². The molecule has 2 N–H and O–H groups in total. The van der Waals surface area contributed by atoms with Gasteiger partial charge in [0, 0.05) is 19.1 Å². The van der Waals surface area contributed by atoms with E-state index < -0.39 is 5.60 Å². The van der Waals surface area contributed by atoms with E-state index in [9.17, 15) is 5.11 Å². The summed E-state index contributed by atoms with van der Waals surface area (Å²) in [5, 5.41) is 13.9. The van der Waals surface area contributed by atoms with Gasteiger partial charge < -0.3 is 15.3 Å². The average Bonchev–Trinajstić information content (AvgIpc) is 2.09. The average molecular weight is 256 g/mol. The molecule has 0 aromatic rings. The lowest BCUT2D eigenvalue weighted by atomic mass is 9.70. The lowest BCUT2D eigenvalue weighted by Crippen LogP contribution is -2.50.